The molecule has 0 aliphatic carbocycles. The third-order valence-corrected chi connectivity index (χ3v) is 7.61. The van der Waals surface area contributed by atoms with Crippen molar-refractivity contribution in [1.29, 1.82) is 5.26 Å². The zero-order chi connectivity index (χ0) is 24.6. The Bertz CT molecular complexity index is 1290. The predicted molar refractivity (Wildman–Crippen MR) is 148 cm³/mol. The van der Waals surface area contributed by atoms with Crippen molar-refractivity contribution in [3.63, 3.8) is 0 Å². The van der Waals surface area contributed by atoms with Crippen molar-refractivity contribution in [2.75, 3.05) is 56.2 Å². The van der Waals surface area contributed by atoms with Gasteiger partial charge in [0.1, 0.15) is 25.1 Å². The molecule has 6 rings (SSSR count). The largest absolute Gasteiger partial charge is 0.486 e. The highest BCUT2D eigenvalue weighted by Gasteiger charge is 2.35. The van der Waals surface area contributed by atoms with E-state index in [1.165, 1.54) is 0 Å². The molecule has 4 aliphatic heterocycles. The topological polar surface area (TPSA) is 112 Å². The number of ether oxygens (including phenoxy) is 2. The molecule has 4 aliphatic rings. The second-order valence-corrected chi connectivity index (χ2v) is 9.86. The Morgan fingerprint density at radius 1 is 1.05 bits per heavy atom. The molecule has 38 heavy (non-hydrogen) atoms. The molecule has 1 aromatic carbocycles. The number of pyridine rings is 1. The Morgan fingerprint density at radius 2 is 1.84 bits per heavy atom. The van der Waals surface area contributed by atoms with Gasteiger partial charge >= 0.3 is 0 Å². The normalized spacial score (nSPS) is 20.3. The Balaban J connectivity index is 0.00000168. The number of amides is 1. The van der Waals surface area contributed by atoms with Crippen LogP contribution in [0.5, 0.6) is 11.5 Å². The Hall–Kier alpha value is -2.97. The minimum Gasteiger partial charge on any atom is -0.486 e. The van der Waals surface area contributed by atoms with Crippen molar-refractivity contribution in [2.45, 2.75) is 37.9 Å². The quantitative estimate of drug-likeness (QED) is 0.570. The van der Waals surface area contributed by atoms with Gasteiger partial charge in [-0.3, -0.25) is 19.1 Å². The third kappa shape index (κ3) is 5.29. The highest BCUT2D eigenvalue weighted by Crippen LogP contribution is 2.36. The van der Waals surface area contributed by atoms with Crippen molar-refractivity contribution in [3.8, 4) is 17.6 Å². The van der Waals surface area contributed by atoms with E-state index < -0.39 is 0 Å². The fraction of sp³-hybridized carbons (Fsp3) is 0.500. The first-order valence-corrected chi connectivity index (χ1v) is 12.7. The lowest BCUT2D eigenvalue weighted by Crippen LogP contribution is -2.51. The first-order chi connectivity index (χ1) is 17.6. The van der Waals surface area contributed by atoms with E-state index in [1.807, 2.05) is 16.7 Å². The molecule has 1 fully saturated rings. The van der Waals surface area contributed by atoms with Crippen molar-refractivity contribution < 1.29 is 14.3 Å². The van der Waals surface area contributed by atoms with E-state index in [0.29, 0.717) is 49.4 Å². The van der Waals surface area contributed by atoms with Gasteiger partial charge in [-0.1, -0.05) is 0 Å². The maximum atomic E-state index is 12.8. The number of rotatable bonds is 5. The van der Waals surface area contributed by atoms with E-state index in [4.69, 9.17) is 9.47 Å². The van der Waals surface area contributed by atoms with Crippen molar-refractivity contribution >= 4 is 42.2 Å². The van der Waals surface area contributed by atoms with Crippen LogP contribution in [-0.4, -0.2) is 67.4 Å². The van der Waals surface area contributed by atoms with Gasteiger partial charge in [0.05, 0.1) is 23.8 Å². The van der Waals surface area contributed by atoms with Crippen LogP contribution in [0.3, 0.4) is 0 Å². The fourth-order valence-corrected chi connectivity index (χ4v) is 5.78. The summed E-state index contributed by atoms with van der Waals surface area (Å²) < 4.78 is 13.1. The van der Waals surface area contributed by atoms with E-state index in [2.05, 4.69) is 21.6 Å². The molecule has 2 N–H and O–H groups in total. The number of hydrogen-bond donors (Lipinski definition) is 2. The van der Waals surface area contributed by atoms with Gasteiger partial charge in [0.2, 0.25) is 5.91 Å². The van der Waals surface area contributed by atoms with Crippen LogP contribution in [0, 0.1) is 11.3 Å². The summed E-state index contributed by atoms with van der Waals surface area (Å²) in [5, 5.41) is 16.3. The van der Waals surface area contributed by atoms with E-state index in [9.17, 15) is 14.9 Å². The number of benzene rings is 1. The summed E-state index contributed by atoms with van der Waals surface area (Å²) in [6.45, 7) is 5.26. The summed E-state index contributed by atoms with van der Waals surface area (Å²) in [6, 6.07) is 9.88. The van der Waals surface area contributed by atoms with Crippen molar-refractivity contribution in [3.05, 3.63) is 45.7 Å². The number of nitriles is 1. The van der Waals surface area contributed by atoms with Gasteiger partial charge in [0.25, 0.3) is 5.56 Å². The van der Waals surface area contributed by atoms with E-state index >= 15 is 0 Å². The second kappa shape index (κ2) is 11.8. The van der Waals surface area contributed by atoms with Crippen LogP contribution in [0.25, 0.3) is 0 Å². The number of halogens is 2. The van der Waals surface area contributed by atoms with Crippen LogP contribution in [0.2, 0.25) is 0 Å². The minimum absolute atomic E-state index is 0. The number of fused-ring (bicyclic) bond motifs is 1. The van der Waals surface area contributed by atoms with Gasteiger partial charge in [0, 0.05) is 31.7 Å². The SMILES string of the molecule is Cl.Cl.N#Cc1cc(CNC2CCN(C[C@@H]3CCN4C(=O)CNc5ccc(=O)n3c54)CC2)cc2c1OCCO2. The lowest BCUT2D eigenvalue weighted by atomic mass is 10.0. The monoisotopic (exact) mass is 562 g/mol. The van der Waals surface area contributed by atoms with Crippen LogP contribution in [0.15, 0.2) is 29.1 Å². The lowest BCUT2D eigenvalue weighted by molar-refractivity contribution is -0.117. The number of aromatic nitrogens is 1. The Labute approximate surface area is 233 Å². The number of hydrogen-bond acceptors (Lipinski definition) is 8. The van der Waals surface area contributed by atoms with Gasteiger partial charge in [-0.25, -0.2) is 0 Å². The highest BCUT2D eigenvalue weighted by molar-refractivity contribution is 6.01. The first-order valence-electron chi connectivity index (χ1n) is 12.7. The van der Waals surface area contributed by atoms with Crippen molar-refractivity contribution in [1.82, 2.24) is 14.8 Å². The molecule has 0 spiro atoms. The van der Waals surface area contributed by atoms with E-state index in [1.54, 1.807) is 17.0 Å². The molecule has 0 radical (unpaired) electrons. The molecule has 1 aromatic heterocycles. The maximum absolute atomic E-state index is 12.8. The first kappa shape index (κ1) is 28.0. The van der Waals surface area contributed by atoms with Crippen LogP contribution >= 0.6 is 24.8 Å². The molecular formula is C26H32Cl2N6O4. The molecule has 5 heterocycles. The number of carbonyl (C=O) groups excluding carboxylic acids is 1. The van der Waals surface area contributed by atoms with Gasteiger partial charge in [-0.15, -0.1) is 24.8 Å². The molecule has 1 saturated heterocycles. The summed E-state index contributed by atoms with van der Waals surface area (Å²) in [7, 11) is 0. The highest BCUT2D eigenvalue weighted by atomic mass is 35.5. The lowest BCUT2D eigenvalue weighted by Gasteiger charge is -2.42. The number of anilines is 2. The molecular weight excluding hydrogens is 531 g/mol. The minimum atomic E-state index is -0.0485. The summed E-state index contributed by atoms with van der Waals surface area (Å²) in [6.07, 6.45) is 2.80. The standard InChI is InChI=1S/C26H30N6O4.2ClH/c27-13-18-11-17(12-22-25(18)36-10-9-35-22)14-28-19-3-6-30(7-4-19)16-20-5-8-31-24(34)15-29-21-1-2-23(33)32(20)26(21)31;;/h1-2,11-12,19-20,28-29H,3-10,14-16H2;2*1H/t20-;;/m0../s1. The summed E-state index contributed by atoms with van der Waals surface area (Å²) >= 11 is 0. The zero-order valence-electron chi connectivity index (χ0n) is 21.0. The molecule has 0 unspecified atom stereocenters. The summed E-state index contributed by atoms with van der Waals surface area (Å²) in [5.41, 5.74) is 2.34. The van der Waals surface area contributed by atoms with Gasteiger partial charge < -0.3 is 25.0 Å². The number of nitrogens with one attached hydrogen (secondary N) is 2. The van der Waals surface area contributed by atoms with E-state index in [-0.39, 0.29) is 48.9 Å². The second-order valence-electron chi connectivity index (χ2n) is 9.86. The predicted octanol–water partition coefficient (Wildman–Crippen LogP) is 2.29. The number of nitrogens with zero attached hydrogens (tertiary/aromatic N) is 4. The molecule has 12 heteroatoms. The van der Waals surface area contributed by atoms with Gasteiger partial charge in [0.15, 0.2) is 11.5 Å². The van der Waals surface area contributed by atoms with Crippen LogP contribution in [-0.2, 0) is 11.3 Å². The number of carbonyl (C=O) groups is 1. The maximum Gasteiger partial charge on any atom is 0.252 e. The summed E-state index contributed by atoms with van der Waals surface area (Å²) in [5.74, 6) is 1.94. The zero-order valence-corrected chi connectivity index (χ0v) is 22.6. The van der Waals surface area contributed by atoms with Crippen LogP contribution in [0.4, 0.5) is 11.5 Å². The van der Waals surface area contributed by atoms with Crippen LogP contribution < -0.4 is 30.6 Å². The Morgan fingerprint density at radius 3 is 2.63 bits per heavy atom. The molecule has 0 saturated carbocycles. The molecule has 1 amide bonds. The Kier molecular flexibility index (Phi) is 8.73. The number of piperidine rings is 1. The van der Waals surface area contributed by atoms with Crippen LogP contribution in [0.1, 0.15) is 36.4 Å². The number of likely N-dealkylation sites (tertiary alicyclic amines) is 1. The fourth-order valence-electron chi connectivity index (χ4n) is 5.78. The molecule has 10 nitrogen and oxygen atoms in total. The van der Waals surface area contributed by atoms with Gasteiger partial charge in [-0.05, 0) is 56.1 Å². The molecule has 0 bridgehead atoms. The van der Waals surface area contributed by atoms with Crippen molar-refractivity contribution in [2.24, 2.45) is 0 Å². The molecule has 204 valence electrons. The van der Waals surface area contributed by atoms with E-state index in [0.717, 1.165) is 56.0 Å². The third-order valence-electron chi connectivity index (χ3n) is 7.61. The summed E-state index contributed by atoms with van der Waals surface area (Å²) in [4.78, 5) is 29.4. The van der Waals surface area contributed by atoms with Gasteiger partial charge in [-0.2, -0.15) is 5.26 Å². The average molecular weight is 563 g/mol. The average Bonchev–Trinajstić information content (AvgIpc) is 2.91. The smallest absolute Gasteiger partial charge is 0.252 e. The molecule has 2 aromatic rings. The molecule has 1 atom stereocenters.